The van der Waals surface area contributed by atoms with Gasteiger partial charge in [-0.25, -0.2) is 9.99 Å². The summed E-state index contributed by atoms with van der Waals surface area (Å²) in [4.78, 5) is 31.3. The van der Waals surface area contributed by atoms with Crippen molar-refractivity contribution in [3.63, 3.8) is 0 Å². The number of benzene rings is 3. The van der Waals surface area contributed by atoms with Crippen molar-refractivity contribution in [1.82, 2.24) is 14.6 Å². The van der Waals surface area contributed by atoms with Crippen LogP contribution in [0.3, 0.4) is 0 Å². The van der Waals surface area contributed by atoms with Crippen molar-refractivity contribution in [2.45, 2.75) is 19.0 Å². The lowest BCUT2D eigenvalue weighted by molar-refractivity contribution is -0.133. The Labute approximate surface area is 199 Å². The average Bonchev–Trinajstić information content (AvgIpc) is 3.54. The second-order valence-corrected chi connectivity index (χ2v) is 9.19. The van der Waals surface area contributed by atoms with E-state index in [2.05, 4.69) is 35.3 Å². The fourth-order valence-corrected chi connectivity index (χ4v) is 5.17. The molecule has 1 aliphatic heterocycles. The summed E-state index contributed by atoms with van der Waals surface area (Å²) < 4.78 is 1.36. The molecule has 34 heavy (non-hydrogen) atoms. The van der Waals surface area contributed by atoms with Gasteiger partial charge in [-0.15, -0.1) is 11.3 Å². The summed E-state index contributed by atoms with van der Waals surface area (Å²) in [7, 11) is 0. The van der Waals surface area contributed by atoms with Gasteiger partial charge in [0.25, 0.3) is 11.5 Å². The van der Waals surface area contributed by atoms with Crippen molar-refractivity contribution in [2.75, 3.05) is 0 Å². The SMILES string of the molecule is O=C(Cn1cnc2sccc2c1=O)N1N=C(c2ccc3ccccc3c2)C[C@@H]1c1ccccc1. The molecule has 7 heteroatoms. The van der Waals surface area contributed by atoms with Crippen LogP contribution in [0.2, 0.25) is 0 Å². The van der Waals surface area contributed by atoms with Crippen LogP contribution < -0.4 is 5.56 Å². The van der Waals surface area contributed by atoms with Gasteiger partial charge in [0, 0.05) is 6.42 Å². The van der Waals surface area contributed by atoms with E-state index in [0.717, 1.165) is 27.6 Å². The average molecular weight is 465 g/mol. The van der Waals surface area contributed by atoms with Crippen molar-refractivity contribution >= 4 is 43.9 Å². The van der Waals surface area contributed by atoms with Crippen LogP contribution in [0.5, 0.6) is 0 Å². The number of carbonyl (C=O) groups is 1. The van der Waals surface area contributed by atoms with Gasteiger partial charge in [-0.05, 0) is 39.4 Å². The van der Waals surface area contributed by atoms with E-state index < -0.39 is 0 Å². The van der Waals surface area contributed by atoms with Crippen molar-refractivity contribution in [3.05, 3.63) is 112 Å². The molecule has 0 N–H and O–H groups in total. The molecule has 166 valence electrons. The van der Waals surface area contributed by atoms with Crippen LogP contribution in [0.1, 0.15) is 23.6 Å². The Morgan fingerprint density at radius 2 is 1.76 bits per heavy atom. The Balaban J connectivity index is 1.37. The molecule has 0 saturated carbocycles. The minimum atomic E-state index is -0.247. The molecule has 1 amide bonds. The van der Waals surface area contributed by atoms with E-state index in [1.165, 1.54) is 27.2 Å². The minimum absolute atomic E-state index is 0.116. The van der Waals surface area contributed by atoms with Crippen LogP contribution >= 0.6 is 11.3 Å². The highest BCUT2D eigenvalue weighted by Gasteiger charge is 2.33. The molecule has 0 bridgehead atoms. The van der Waals surface area contributed by atoms with Gasteiger partial charge in [-0.1, -0.05) is 66.7 Å². The Hall–Kier alpha value is -4.10. The zero-order valence-electron chi connectivity index (χ0n) is 18.2. The van der Waals surface area contributed by atoms with E-state index in [-0.39, 0.29) is 24.1 Å². The van der Waals surface area contributed by atoms with Gasteiger partial charge < -0.3 is 0 Å². The molecule has 0 unspecified atom stereocenters. The molecule has 0 radical (unpaired) electrons. The summed E-state index contributed by atoms with van der Waals surface area (Å²) in [6, 6.07) is 25.8. The van der Waals surface area contributed by atoms with E-state index in [0.29, 0.717) is 16.6 Å². The third-order valence-corrected chi connectivity index (χ3v) is 7.01. The van der Waals surface area contributed by atoms with E-state index in [1.807, 2.05) is 47.8 Å². The van der Waals surface area contributed by atoms with Crippen LogP contribution in [0.4, 0.5) is 0 Å². The molecule has 1 atom stereocenters. The lowest BCUT2D eigenvalue weighted by Crippen LogP contribution is -2.33. The van der Waals surface area contributed by atoms with Crippen LogP contribution in [0, 0.1) is 0 Å². The lowest BCUT2D eigenvalue weighted by atomic mass is 9.97. The number of thiophene rings is 1. The first-order valence-electron chi connectivity index (χ1n) is 11.0. The number of rotatable bonds is 4. The summed E-state index contributed by atoms with van der Waals surface area (Å²) in [5.41, 5.74) is 2.64. The van der Waals surface area contributed by atoms with E-state index in [4.69, 9.17) is 5.10 Å². The third-order valence-electron chi connectivity index (χ3n) is 6.19. The highest BCUT2D eigenvalue weighted by Crippen LogP contribution is 2.33. The maximum Gasteiger partial charge on any atom is 0.263 e. The largest absolute Gasteiger partial charge is 0.289 e. The third kappa shape index (κ3) is 3.60. The predicted molar refractivity (Wildman–Crippen MR) is 135 cm³/mol. The first-order chi connectivity index (χ1) is 16.7. The number of hydrogen-bond donors (Lipinski definition) is 0. The van der Waals surface area contributed by atoms with E-state index >= 15 is 0 Å². The van der Waals surface area contributed by atoms with Crippen LogP contribution in [0.25, 0.3) is 21.0 Å². The van der Waals surface area contributed by atoms with Gasteiger partial charge in [0.15, 0.2) is 0 Å². The fraction of sp³-hybridized carbons (Fsp3) is 0.111. The summed E-state index contributed by atoms with van der Waals surface area (Å²) in [6.07, 6.45) is 2.05. The molecule has 5 aromatic rings. The van der Waals surface area contributed by atoms with Crippen LogP contribution in [-0.2, 0) is 11.3 Å². The first kappa shape index (κ1) is 20.5. The molecule has 0 spiro atoms. The quantitative estimate of drug-likeness (QED) is 0.376. The highest BCUT2D eigenvalue weighted by molar-refractivity contribution is 7.16. The number of hydrogen-bond acceptors (Lipinski definition) is 5. The Morgan fingerprint density at radius 1 is 0.971 bits per heavy atom. The van der Waals surface area contributed by atoms with Crippen LogP contribution in [0.15, 0.2) is 100 Å². The zero-order valence-corrected chi connectivity index (χ0v) is 19.0. The van der Waals surface area contributed by atoms with Gasteiger partial charge in [0.2, 0.25) is 0 Å². The highest BCUT2D eigenvalue weighted by atomic mass is 32.1. The molecule has 3 heterocycles. The lowest BCUT2D eigenvalue weighted by Gasteiger charge is -2.22. The maximum absolute atomic E-state index is 13.4. The van der Waals surface area contributed by atoms with Gasteiger partial charge in [0.05, 0.1) is 23.5 Å². The summed E-state index contributed by atoms with van der Waals surface area (Å²) >= 11 is 1.41. The summed E-state index contributed by atoms with van der Waals surface area (Å²) in [5.74, 6) is -0.247. The standard InChI is InChI=1S/C27H20N4O2S/c32-25(16-30-17-28-26-22(27(30)33)12-13-34-26)31-24(19-7-2-1-3-8-19)15-23(29-31)21-11-10-18-6-4-5-9-20(18)14-21/h1-14,17,24H,15-16H2/t24-/m1/s1. The monoisotopic (exact) mass is 464 g/mol. The first-order valence-corrected chi connectivity index (χ1v) is 11.9. The molecule has 6 rings (SSSR count). The Morgan fingerprint density at radius 3 is 2.62 bits per heavy atom. The number of aromatic nitrogens is 2. The van der Waals surface area contributed by atoms with Crippen molar-refractivity contribution in [3.8, 4) is 0 Å². The molecule has 6 nitrogen and oxygen atoms in total. The molecule has 0 fully saturated rings. The molecular weight excluding hydrogens is 444 g/mol. The number of carbonyl (C=O) groups excluding carboxylic acids is 1. The van der Waals surface area contributed by atoms with Gasteiger partial charge >= 0.3 is 0 Å². The Kier molecular flexibility index (Phi) is 5.04. The van der Waals surface area contributed by atoms with Gasteiger partial charge in [-0.3, -0.25) is 14.2 Å². The van der Waals surface area contributed by atoms with Crippen molar-refractivity contribution in [2.24, 2.45) is 5.10 Å². The topological polar surface area (TPSA) is 67.6 Å². The van der Waals surface area contributed by atoms with Crippen LogP contribution in [-0.4, -0.2) is 26.2 Å². The maximum atomic E-state index is 13.4. The van der Waals surface area contributed by atoms with E-state index in [1.54, 1.807) is 6.07 Å². The number of hydrazone groups is 1. The molecule has 0 saturated heterocycles. The molecule has 0 aliphatic carbocycles. The van der Waals surface area contributed by atoms with E-state index in [9.17, 15) is 9.59 Å². The second-order valence-electron chi connectivity index (χ2n) is 8.29. The summed E-state index contributed by atoms with van der Waals surface area (Å²) in [5, 5.41) is 10.9. The smallest absolute Gasteiger partial charge is 0.263 e. The molecular formula is C27H20N4O2S. The summed E-state index contributed by atoms with van der Waals surface area (Å²) in [6.45, 7) is -0.116. The predicted octanol–water partition coefficient (Wildman–Crippen LogP) is 4.99. The van der Waals surface area contributed by atoms with Crippen molar-refractivity contribution in [1.29, 1.82) is 0 Å². The van der Waals surface area contributed by atoms with Gasteiger partial charge in [-0.2, -0.15) is 5.10 Å². The zero-order chi connectivity index (χ0) is 23.1. The van der Waals surface area contributed by atoms with Gasteiger partial charge in [0.1, 0.15) is 11.4 Å². The number of fused-ring (bicyclic) bond motifs is 2. The molecule has 1 aliphatic rings. The van der Waals surface area contributed by atoms with Crippen molar-refractivity contribution < 1.29 is 4.79 Å². The Bertz CT molecular complexity index is 1620. The molecule has 2 aromatic heterocycles. The molecule has 3 aromatic carbocycles. The number of nitrogens with zero attached hydrogens (tertiary/aromatic N) is 4. The fourth-order valence-electron chi connectivity index (χ4n) is 4.44. The normalized spacial score (nSPS) is 15.7. The second kappa shape index (κ2) is 8.35. The number of amides is 1. The minimum Gasteiger partial charge on any atom is -0.289 e.